The van der Waals surface area contributed by atoms with Gasteiger partial charge in [0, 0.05) is 6.54 Å². The predicted octanol–water partition coefficient (Wildman–Crippen LogP) is 1.24. The second kappa shape index (κ2) is 5.94. The van der Waals surface area contributed by atoms with Crippen LogP contribution in [0.4, 0.5) is 8.78 Å². The maximum absolute atomic E-state index is 13.4. The molecule has 0 spiro atoms. The van der Waals surface area contributed by atoms with Crippen molar-refractivity contribution in [2.45, 2.75) is 17.7 Å². The summed E-state index contributed by atoms with van der Waals surface area (Å²) in [7, 11) is -4.01. The minimum absolute atomic E-state index is 0.181. The van der Waals surface area contributed by atoms with Gasteiger partial charge >= 0.3 is 0 Å². The molecule has 0 amide bonds. The summed E-state index contributed by atoms with van der Waals surface area (Å²) in [6, 6.07) is 2.39. The van der Waals surface area contributed by atoms with Crippen LogP contribution in [0, 0.1) is 17.6 Å². The molecule has 1 aliphatic heterocycles. The molecule has 1 heterocycles. The van der Waals surface area contributed by atoms with Gasteiger partial charge in [-0.1, -0.05) is 0 Å². The van der Waals surface area contributed by atoms with Crippen LogP contribution in [0.1, 0.15) is 12.8 Å². The van der Waals surface area contributed by atoms with Crippen molar-refractivity contribution in [3.63, 3.8) is 0 Å². The Kier molecular flexibility index (Phi) is 4.49. The predicted molar refractivity (Wildman–Crippen MR) is 67.1 cm³/mol. The van der Waals surface area contributed by atoms with E-state index in [1.807, 2.05) is 0 Å². The molecule has 1 saturated heterocycles. The number of rotatable bonds is 4. The molecule has 1 atom stereocenters. The van der Waals surface area contributed by atoms with Crippen LogP contribution in [0.25, 0.3) is 0 Å². The van der Waals surface area contributed by atoms with Crippen molar-refractivity contribution < 1.29 is 17.2 Å². The lowest BCUT2D eigenvalue weighted by atomic mass is 10.0. The third kappa shape index (κ3) is 3.71. The molecular weight excluding hydrogens is 274 g/mol. The Morgan fingerprint density at radius 1 is 1.37 bits per heavy atom. The lowest BCUT2D eigenvalue weighted by molar-refractivity contribution is 0.375. The van der Waals surface area contributed by atoms with Gasteiger partial charge in [0.2, 0.25) is 10.0 Å². The number of piperidine rings is 1. The summed E-state index contributed by atoms with van der Waals surface area (Å²) in [4.78, 5) is -0.642. The Morgan fingerprint density at radius 3 is 2.84 bits per heavy atom. The molecule has 0 unspecified atom stereocenters. The van der Waals surface area contributed by atoms with Crippen molar-refractivity contribution >= 4 is 10.0 Å². The second-order valence-electron chi connectivity index (χ2n) is 4.64. The normalized spacial score (nSPS) is 20.4. The van der Waals surface area contributed by atoms with E-state index >= 15 is 0 Å². The fourth-order valence-corrected chi connectivity index (χ4v) is 3.29. The van der Waals surface area contributed by atoms with E-state index in [1.165, 1.54) is 0 Å². The van der Waals surface area contributed by atoms with Crippen LogP contribution < -0.4 is 10.0 Å². The summed E-state index contributed by atoms with van der Waals surface area (Å²) < 4.78 is 52.6. The zero-order chi connectivity index (χ0) is 13.9. The first-order chi connectivity index (χ1) is 8.99. The van der Waals surface area contributed by atoms with E-state index in [4.69, 9.17) is 0 Å². The Bertz CT molecular complexity index is 543. The highest BCUT2D eigenvalue weighted by atomic mass is 32.2. The molecular formula is C12H16F2N2O2S. The molecule has 2 N–H and O–H groups in total. The van der Waals surface area contributed by atoms with Gasteiger partial charge in [0.1, 0.15) is 16.5 Å². The van der Waals surface area contributed by atoms with Gasteiger partial charge in [-0.3, -0.25) is 0 Å². The standard InChI is InChI=1S/C12H16F2N2O2S/c13-10-3-4-11(14)12(6-10)19(17,18)16-8-9-2-1-5-15-7-9/h3-4,6,9,15-16H,1-2,5,7-8H2/t9-/m1/s1. The largest absolute Gasteiger partial charge is 0.316 e. The van der Waals surface area contributed by atoms with Gasteiger partial charge in [-0.05, 0) is 50.0 Å². The maximum atomic E-state index is 13.4. The average molecular weight is 290 g/mol. The van der Waals surface area contributed by atoms with E-state index in [9.17, 15) is 17.2 Å². The summed E-state index contributed by atoms with van der Waals surface area (Å²) in [6.07, 6.45) is 1.90. The molecule has 4 nitrogen and oxygen atoms in total. The van der Waals surface area contributed by atoms with Crippen molar-refractivity contribution in [2.24, 2.45) is 5.92 Å². The summed E-state index contributed by atoms with van der Waals surface area (Å²) in [5.41, 5.74) is 0. The smallest absolute Gasteiger partial charge is 0.243 e. The monoisotopic (exact) mass is 290 g/mol. The van der Waals surface area contributed by atoms with Crippen LogP contribution in [-0.2, 0) is 10.0 Å². The first-order valence-electron chi connectivity index (χ1n) is 6.14. The highest BCUT2D eigenvalue weighted by Crippen LogP contribution is 2.16. The first kappa shape index (κ1) is 14.4. The number of halogens is 2. The van der Waals surface area contributed by atoms with E-state index in [2.05, 4.69) is 10.0 Å². The van der Waals surface area contributed by atoms with Gasteiger partial charge in [-0.2, -0.15) is 0 Å². The second-order valence-corrected chi connectivity index (χ2v) is 6.37. The minimum Gasteiger partial charge on any atom is -0.316 e. The van der Waals surface area contributed by atoms with Gasteiger partial charge in [0.15, 0.2) is 0 Å². The van der Waals surface area contributed by atoms with E-state index in [1.54, 1.807) is 0 Å². The number of hydrogen-bond donors (Lipinski definition) is 2. The molecule has 1 fully saturated rings. The molecule has 0 saturated carbocycles. The lowest BCUT2D eigenvalue weighted by Crippen LogP contribution is -2.38. The molecule has 1 aliphatic rings. The molecule has 106 valence electrons. The van der Waals surface area contributed by atoms with Crippen LogP contribution in [-0.4, -0.2) is 28.1 Å². The van der Waals surface area contributed by atoms with Gasteiger partial charge in [0.25, 0.3) is 0 Å². The molecule has 19 heavy (non-hydrogen) atoms. The molecule has 1 aromatic carbocycles. The molecule has 1 aromatic rings. The van der Waals surface area contributed by atoms with Crippen LogP contribution in [0.15, 0.2) is 23.1 Å². The Balaban J connectivity index is 2.07. The topological polar surface area (TPSA) is 58.2 Å². The van der Waals surface area contributed by atoms with Gasteiger partial charge in [-0.25, -0.2) is 21.9 Å². The Morgan fingerprint density at radius 2 is 2.16 bits per heavy atom. The minimum atomic E-state index is -4.01. The van der Waals surface area contributed by atoms with E-state index in [0.717, 1.165) is 38.1 Å². The van der Waals surface area contributed by atoms with Gasteiger partial charge < -0.3 is 5.32 Å². The highest BCUT2D eigenvalue weighted by molar-refractivity contribution is 7.89. The van der Waals surface area contributed by atoms with Gasteiger partial charge in [-0.15, -0.1) is 0 Å². The molecule has 0 bridgehead atoms. The fourth-order valence-electron chi connectivity index (χ4n) is 2.09. The summed E-state index contributed by atoms with van der Waals surface area (Å²) in [5, 5.41) is 3.16. The van der Waals surface area contributed by atoms with E-state index in [-0.39, 0.29) is 12.5 Å². The first-order valence-corrected chi connectivity index (χ1v) is 7.63. The SMILES string of the molecule is O=S(=O)(NC[C@@H]1CCCNC1)c1cc(F)ccc1F. The van der Waals surface area contributed by atoms with Crippen LogP contribution in [0.3, 0.4) is 0 Å². The summed E-state index contributed by atoms with van der Waals surface area (Å²) in [5.74, 6) is -1.54. The van der Waals surface area contributed by atoms with Crippen molar-refractivity contribution in [2.75, 3.05) is 19.6 Å². The van der Waals surface area contributed by atoms with E-state index < -0.39 is 26.6 Å². The maximum Gasteiger partial charge on any atom is 0.243 e. The number of hydrogen-bond acceptors (Lipinski definition) is 3. The molecule has 0 aromatic heterocycles. The van der Waals surface area contributed by atoms with Gasteiger partial charge in [0.05, 0.1) is 0 Å². The Hall–Kier alpha value is -1.05. The number of sulfonamides is 1. The molecule has 0 radical (unpaired) electrons. The fraction of sp³-hybridized carbons (Fsp3) is 0.500. The zero-order valence-corrected chi connectivity index (χ0v) is 11.1. The molecule has 7 heteroatoms. The number of nitrogens with one attached hydrogen (secondary N) is 2. The van der Waals surface area contributed by atoms with E-state index in [0.29, 0.717) is 6.07 Å². The summed E-state index contributed by atoms with van der Waals surface area (Å²) in [6.45, 7) is 1.89. The molecule has 0 aliphatic carbocycles. The average Bonchev–Trinajstić information content (AvgIpc) is 2.40. The number of benzene rings is 1. The highest BCUT2D eigenvalue weighted by Gasteiger charge is 2.22. The third-order valence-corrected chi connectivity index (χ3v) is 4.58. The Labute approximate surface area is 111 Å². The van der Waals surface area contributed by atoms with Crippen LogP contribution in [0.2, 0.25) is 0 Å². The van der Waals surface area contributed by atoms with Crippen LogP contribution in [0.5, 0.6) is 0 Å². The summed E-state index contributed by atoms with van der Waals surface area (Å²) >= 11 is 0. The van der Waals surface area contributed by atoms with Crippen molar-refractivity contribution in [1.82, 2.24) is 10.0 Å². The van der Waals surface area contributed by atoms with Crippen molar-refractivity contribution in [1.29, 1.82) is 0 Å². The quantitative estimate of drug-likeness (QED) is 0.877. The van der Waals surface area contributed by atoms with Crippen LogP contribution >= 0.6 is 0 Å². The van der Waals surface area contributed by atoms with Crippen molar-refractivity contribution in [3.05, 3.63) is 29.8 Å². The third-order valence-electron chi connectivity index (χ3n) is 3.14. The zero-order valence-electron chi connectivity index (χ0n) is 10.3. The molecule has 2 rings (SSSR count). The van der Waals surface area contributed by atoms with Crippen molar-refractivity contribution in [3.8, 4) is 0 Å². The lowest BCUT2D eigenvalue weighted by Gasteiger charge is -2.22.